The maximum atomic E-state index is 9.79. The van der Waals surface area contributed by atoms with Gasteiger partial charge in [-0.1, -0.05) is 54.6 Å². The van der Waals surface area contributed by atoms with E-state index in [-0.39, 0.29) is 11.5 Å². The number of hydrogen-bond donors (Lipinski definition) is 1. The van der Waals surface area contributed by atoms with Crippen LogP contribution in [0.15, 0.2) is 71.0 Å². The molecule has 27 heavy (non-hydrogen) atoms. The van der Waals surface area contributed by atoms with E-state index in [1.165, 1.54) is 16.7 Å². The maximum Gasteiger partial charge on any atom is 0.194 e. The first-order valence-corrected chi connectivity index (χ1v) is 9.71. The quantitative estimate of drug-likeness (QED) is 0.679. The summed E-state index contributed by atoms with van der Waals surface area (Å²) in [5.74, 6) is 1.22. The van der Waals surface area contributed by atoms with Crippen molar-refractivity contribution in [1.29, 1.82) is 0 Å². The second kappa shape index (κ2) is 8.43. The van der Waals surface area contributed by atoms with Crippen molar-refractivity contribution in [3.63, 3.8) is 0 Å². The zero-order valence-electron chi connectivity index (χ0n) is 16.5. The lowest BCUT2D eigenvalue weighted by Crippen LogP contribution is -2.26. The van der Waals surface area contributed by atoms with Crippen LogP contribution in [-0.2, 0) is 4.74 Å². The van der Waals surface area contributed by atoms with Crippen LogP contribution in [0.1, 0.15) is 57.2 Å². The number of aliphatic imine (C=N–C) groups is 1. The SMILES string of the molecule is C/C=C/c1ccc([C@H]2COC(C(C)(C)C3=C\CCC/C(O)=C/C=C\3)=N2)cc1. The van der Waals surface area contributed by atoms with Crippen LogP contribution >= 0.6 is 0 Å². The van der Waals surface area contributed by atoms with Gasteiger partial charge in [0, 0.05) is 6.42 Å². The van der Waals surface area contributed by atoms with Gasteiger partial charge in [-0.25, -0.2) is 4.99 Å². The van der Waals surface area contributed by atoms with E-state index in [9.17, 15) is 5.11 Å². The van der Waals surface area contributed by atoms with Crippen LogP contribution in [0.3, 0.4) is 0 Å². The molecule has 0 bridgehead atoms. The molecule has 1 atom stereocenters. The van der Waals surface area contributed by atoms with Gasteiger partial charge in [-0.15, -0.1) is 0 Å². The molecule has 0 saturated heterocycles. The minimum absolute atomic E-state index is 0.0452. The van der Waals surface area contributed by atoms with Crippen LogP contribution in [-0.4, -0.2) is 17.6 Å². The highest BCUT2D eigenvalue weighted by molar-refractivity contribution is 5.87. The number of hydrogen-bond acceptors (Lipinski definition) is 3. The molecule has 0 fully saturated rings. The minimum Gasteiger partial charge on any atom is -0.512 e. The first-order chi connectivity index (χ1) is 13.0. The number of rotatable bonds is 4. The summed E-state index contributed by atoms with van der Waals surface area (Å²) < 4.78 is 6.04. The zero-order chi connectivity index (χ0) is 19.3. The van der Waals surface area contributed by atoms with Crippen LogP contribution in [0.2, 0.25) is 0 Å². The predicted molar refractivity (Wildman–Crippen MR) is 113 cm³/mol. The van der Waals surface area contributed by atoms with E-state index in [0.717, 1.165) is 25.2 Å². The minimum atomic E-state index is -0.302. The highest BCUT2D eigenvalue weighted by Crippen LogP contribution is 2.36. The van der Waals surface area contributed by atoms with Crippen molar-refractivity contribution in [1.82, 2.24) is 0 Å². The third kappa shape index (κ3) is 4.60. The highest BCUT2D eigenvalue weighted by Gasteiger charge is 2.35. The lowest BCUT2D eigenvalue weighted by molar-refractivity contribution is 0.289. The van der Waals surface area contributed by atoms with Gasteiger partial charge >= 0.3 is 0 Å². The molecule has 1 aliphatic heterocycles. The molecule has 0 spiro atoms. The summed E-state index contributed by atoms with van der Waals surface area (Å²) in [4.78, 5) is 4.91. The smallest absolute Gasteiger partial charge is 0.194 e. The molecular formula is C24H29NO2. The van der Waals surface area contributed by atoms with E-state index < -0.39 is 0 Å². The molecule has 0 amide bonds. The fourth-order valence-electron chi connectivity index (χ4n) is 3.45. The molecule has 0 unspecified atom stereocenters. The number of nitrogens with zero attached hydrogens (tertiary/aromatic N) is 1. The van der Waals surface area contributed by atoms with Crippen molar-refractivity contribution in [2.75, 3.05) is 6.61 Å². The zero-order valence-corrected chi connectivity index (χ0v) is 16.5. The van der Waals surface area contributed by atoms with Gasteiger partial charge in [0.1, 0.15) is 12.6 Å². The van der Waals surface area contributed by atoms with Gasteiger partial charge in [0.2, 0.25) is 0 Å². The molecular weight excluding hydrogens is 334 g/mol. The first kappa shape index (κ1) is 19.2. The topological polar surface area (TPSA) is 41.8 Å². The van der Waals surface area contributed by atoms with Gasteiger partial charge in [-0.2, -0.15) is 0 Å². The summed E-state index contributed by atoms with van der Waals surface area (Å²) in [6, 6.07) is 8.56. The Labute approximate surface area is 162 Å². The number of aliphatic hydroxyl groups excluding tert-OH is 1. The summed E-state index contributed by atoms with van der Waals surface area (Å²) in [6.07, 6.45) is 14.7. The average Bonchev–Trinajstić information content (AvgIpc) is 3.17. The summed E-state index contributed by atoms with van der Waals surface area (Å²) in [6.45, 7) is 6.91. The number of allylic oxidation sites excluding steroid dienone is 6. The van der Waals surface area contributed by atoms with Crippen LogP contribution in [0.5, 0.6) is 0 Å². The Balaban J connectivity index is 1.81. The van der Waals surface area contributed by atoms with Crippen LogP contribution < -0.4 is 0 Å². The average molecular weight is 364 g/mol. The summed E-state index contributed by atoms with van der Waals surface area (Å²) in [5.41, 5.74) is 3.25. The molecule has 1 aromatic rings. The molecule has 0 radical (unpaired) electrons. The molecule has 0 aromatic heterocycles. The summed E-state index contributed by atoms with van der Waals surface area (Å²) >= 11 is 0. The largest absolute Gasteiger partial charge is 0.512 e. The molecule has 3 nitrogen and oxygen atoms in total. The molecule has 0 saturated carbocycles. The van der Waals surface area contributed by atoms with Crippen molar-refractivity contribution in [2.24, 2.45) is 10.4 Å². The van der Waals surface area contributed by atoms with Gasteiger partial charge in [-0.3, -0.25) is 0 Å². The van der Waals surface area contributed by atoms with Crippen molar-refractivity contribution >= 4 is 12.0 Å². The van der Waals surface area contributed by atoms with Gasteiger partial charge < -0.3 is 9.84 Å². The Morgan fingerprint density at radius 1 is 1.22 bits per heavy atom. The molecule has 1 aromatic carbocycles. The predicted octanol–water partition coefficient (Wildman–Crippen LogP) is 6.32. The third-order valence-corrected chi connectivity index (χ3v) is 5.15. The fourth-order valence-corrected chi connectivity index (χ4v) is 3.45. The number of aliphatic hydroxyl groups is 1. The molecule has 1 N–H and O–H groups in total. The van der Waals surface area contributed by atoms with Crippen molar-refractivity contribution in [3.8, 4) is 0 Å². The van der Waals surface area contributed by atoms with Crippen molar-refractivity contribution < 1.29 is 9.84 Å². The standard InChI is InChI=1S/C24H29NO2/c1-4-8-18-13-15-19(16-14-18)22-17-27-23(25-22)24(2,3)20-9-5-6-11-21(26)12-7-10-20/h4,7-10,12-16,22,26H,5-6,11,17H2,1-3H3/b8-4+,10-7-,20-9-,21-12-/t22-/m1/s1. The molecule has 3 heteroatoms. The van der Waals surface area contributed by atoms with Crippen molar-refractivity contribution in [2.45, 2.75) is 46.1 Å². The Bertz CT molecular complexity index is 807. The van der Waals surface area contributed by atoms with Gasteiger partial charge in [0.25, 0.3) is 0 Å². The Morgan fingerprint density at radius 2 is 2.00 bits per heavy atom. The van der Waals surface area contributed by atoms with Gasteiger partial charge in [0.05, 0.1) is 11.2 Å². The van der Waals surface area contributed by atoms with Gasteiger partial charge in [-0.05, 0) is 56.4 Å². The Morgan fingerprint density at radius 3 is 2.74 bits per heavy atom. The lowest BCUT2D eigenvalue weighted by Gasteiger charge is -2.25. The summed E-state index contributed by atoms with van der Waals surface area (Å²) in [7, 11) is 0. The monoisotopic (exact) mass is 363 g/mol. The lowest BCUT2D eigenvalue weighted by atomic mass is 9.82. The van der Waals surface area contributed by atoms with E-state index in [2.05, 4.69) is 56.3 Å². The van der Waals surface area contributed by atoms with E-state index in [0.29, 0.717) is 12.4 Å². The van der Waals surface area contributed by atoms with E-state index in [1.807, 2.05) is 19.1 Å². The van der Waals surface area contributed by atoms with Crippen LogP contribution in [0.4, 0.5) is 0 Å². The normalized spacial score (nSPS) is 26.0. The molecule has 3 rings (SSSR count). The second-order valence-electron chi connectivity index (χ2n) is 7.62. The Hall–Kier alpha value is -2.55. The Kier molecular flexibility index (Phi) is 6.00. The number of benzene rings is 1. The maximum absolute atomic E-state index is 9.79. The van der Waals surface area contributed by atoms with Gasteiger partial charge in [0.15, 0.2) is 5.90 Å². The highest BCUT2D eigenvalue weighted by atomic mass is 16.5. The van der Waals surface area contributed by atoms with E-state index >= 15 is 0 Å². The van der Waals surface area contributed by atoms with E-state index in [4.69, 9.17) is 9.73 Å². The first-order valence-electron chi connectivity index (χ1n) is 9.71. The molecule has 1 aliphatic carbocycles. The number of ether oxygens (including phenoxy) is 1. The molecule has 2 aliphatic rings. The van der Waals surface area contributed by atoms with Crippen LogP contribution in [0, 0.1) is 5.41 Å². The molecule has 1 heterocycles. The summed E-state index contributed by atoms with van der Waals surface area (Å²) in [5, 5.41) is 9.79. The van der Waals surface area contributed by atoms with E-state index in [1.54, 1.807) is 6.08 Å². The second-order valence-corrected chi connectivity index (χ2v) is 7.62. The third-order valence-electron chi connectivity index (χ3n) is 5.15. The van der Waals surface area contributed by atoms with Crippen LogP contribution in [0.25, 0.3) is 6.08 Å². The van der Waals surface area contributed by atoms with Crippen molar-refractivity contribution in [3.05, 3.63) is 77.1 Å². The molecule has 142 valence electrons. The fraction of sp³-hybridized carbons (Fsp3) is 0.375.